The molecule has 1 aromatic rings. The number of nitro groups is 1. The van der Waals surface area contributed by atoms with Crippen molar-refractivity contribution in [2.24, 2.45) is 0 Å². The lowest BCUT2D eigenvalue weighted by molar-refractivity contribution is -0.384. The second kappa shape index (κ2) is 8.90. The third-order valence-electron chi connectivity index (χ3n) is 6.31. The lowest BCUT2D eigenvalue weighted by atomic mass is 9.79. The molecule has 0 radical (unpaired) electrons. The molecular formula is C21H32N4O3. The van der Waals surface area contributed by atoms with E-state index >= 15 is 0 Å². The molecule has 1 saturated carbocycles. The molecule has 7 nitrogen and oxygen atoms in total. The number of rotatable bonds is 6. The molecular weight excluding hydrogens is 356 g/mol. The maximum atomic E-state index is 13.0. The number of likely N-dealkylation sites (tertiary alicyclic amines) is 1. The Morgan fingerprint density at radius 2 is 1.79 bits per heavy atom. The monoisotopic (exact) mass is 388 g/mol. The fourth-order valence-electron chi connectivity index (χ4n) is 4.73. The predicted octanol–water partition coefficient (Wildman–Crippen LogP) is 3.58. The second-order valence-corrected chi connectivity index (χ2v) is 8.37. The maximum absolute atomic E-state index is 13.0. The molecule has 0 aromatic heterocycles. The Morgan fingerprint density at radius 3 is 2.39 bits per heavy atom. The van der Waals surface area contributed by atoms with Gasteiger partial charge >= 0.3 is 0 Å². The van der Waals surface area contributed by atoms with Crippen molar-refractivity contribution in [1.29, 1.82) is 0 Å². The number of piperidine rings is 1. The van der Waals surface area contributed by atoms with Crippen LogP contribution in [0.5, 0.6) is 0 Å². The van der Waals surface area contributed by atoms with E-state index < -0.39 is 4.92 Å². The largest absolute Gasteiger partial charge is 0.377 e. The zero-order chi connectivity index (χ0) is 20.1. The smallest absolute Gasteiger partial charge is 0.270 e. The number of nitro benzene ring substituents is 1. The van der Waals surface area contributed by atoms with Gasteiger partial charge in [-0.1, -0.05) is 25.7 Å². The fraction of sp³-hybridized carbons (Fsp3) is 0.667. The molecule has 1 amide bonds. The molecule has 7 heteroatoms. The first-order chi connectivity index (χ1) is 13.4. The third-order valence-corrected chi connectivity index (χ3v) is 6.31. The van der Waals surface area contributed by atoms with Crippen LogP contribution in [-0.4, -0.2) is 55.0 Å². The zero-order valence-electron chi connectivity index (χ0n) is 17.1. The number of amides is 1. The number of hydrogen-bond acceptors (Lipinski definition) is 5. The van der Waals surface area contributed by atoms with Crippen LogP contribution in [0.4, 0.5) is 11.4 Å². The summed E-state index contributed by atoms with van der Waals surface area (Å²) in [5.41, 5.74) is 1.04. The van der Waals surface area contributed by atoms with Gasteiger partial charge in [0.15, 0.2) is 0 Å². The maximum Gasteiger partial charge on any atom is 0.270 e. The quantitative estimate of drug-likeness (QED) is 0.595. The summed E-state index contributed by atoms with van der Waals surface area (Å²) in [6.45, 7) is 2.83. The Bertz CT molecular complexity index is 708. The number of carbonyl (C=O) groups is 1. The summed E-state index contributed by atoms with van der Waals surface area (Å²) in [7, 11) is 3.68. The standard InChI is InChI=1S/C21H32N4O3/c1-23(2)19-10-9-17(25(27)28)15-18(19)20(26)22-16-21(11-5-3-6-12-21)24-13-7-4-8-14-24/h9-10,15H,3-8,11-14,16H2,1-2H3,(H,22,26). The molecule has 3 rings (SSSR count). The molecule has 28 heavy (non-hydrogen) atoms. The Hall–Kier alpha value is -2.15. The molecule has 1 aliphatic heterocycles. The van der Waals surface area contributed by atoms with Crippen molar-refractivity contribution < 1.29 is 9.72 Å². The van der Waals surface area contributed by atoms with E-state index in [1.807, 2.05) is 19.0 Å². The average Bonchev–Trinajstić information content (AvgIpc) is 2.72. The second-order valence-electron chi connectivity index (χ2n) is 8.37. The summed E-state index contributed by atoms with van der Waals surface area (Å²) in [5, 5.41) is 14.3. The van der Waals surface area contributed by atoms with E-state index in [0.29, 0.717) is 17.8 Å². The number of benzene rings is 1. The molecule has 2 fully saturated rings. The lowest BCUT2D eigenvalue weighted by Gasteiger charge is -2.48. The molecule has 1 aliphatic carbocycles. The highest BCUT2D eigenvalue weighted by Crippen LogP contribution is 2.35. The third kappa shape index (κ3) is 4.46. The van der Waals surface area contributed by atoms with Crippen LogP contribution in [0, 0.1) is 10.1 Å². The van der Waals surface area contributed by atoms with Crippen LogP contribution in [0.3, 0.4) is 0 Å². The molecule has 1 aromatic carbocycles. The SMILES string of the molecule is CN(C)c1ccc([N+](=O)[O-])cc1C(=O)NCC1(N2CCCCC2)CCCCC1. The van der Waals surface area contributed by atoms with Crippen molar-refractivity contribution in [3.63, 3.8) is 0 Å². The van der Waals surface area contributed by atoms with Gasteiger partial charge in [-0.15, -0.1) is 0 Å². The molecule has 1 heterocycles. The molecule has 1 saturated heterocycles. The van der Waals surface area contributed by atoms with E-state index in [2.05, 4.69) is 10.2 Å². The summed E-state index contributed by atoms with van der Waals surface area (Å²) in [6, 6.07) is 4.48. The van der Waals surface area contributed by atoms with Gasteiger partial charge < -0.3 is 10.2 Å². The van der Waals surface area contributed by atoms with Gasteiger partial charge in [0, 0.05) is 44.0 Å². The first-order valence-electron chi connectivity index (χ1n) is 10.4. The van der Waals surface area contributed by atoms with E-state index in [1.165, 1.54) is 50.7 Å². The van der Waals surface area contributed by atoms with Crippen LogP contribution in [0.15, 0.2) is 18.2 Å². The van der Waals surface area contributed by atoms with Gasteiger partial charge in [-0.05, 0) is 44.8 Å². The molecule has 0 spiro atoms. The molecule has 0 bridgehead atoms. The fourth-order valence-corrected chi connectivity index (χ4v) is 4.73. The van der Waals surface area contributed by atoms with Gasteiger partial charge in [0.05, 0.1) is 10.5 Å². The number of anilines is 1. The van der Waals surface area contributed by atoms with Crippen LogP contribution in [0.2, 0.25) is 0 Å². The number of non-ortho nitro benzene ring substituents is 1. The van der Waals surface area contributed by atoms with E-state index in [0.717, 1.165) is 25.9 Å². The summed E-state index contributed by atoms with van der Waals surface area (Å²) >= 11 is 0. The van der Waals surface area contributed by atoms with Gasteiger partial charge in [0.1, 0.15) is 0 Å². The van der Waals surface area contributed by atoms with Gasteiger partial charge in [-0.3, -0.25) is 19.8 Å². The van der Waals surface area contributed by atoms with Crippen LogP contribution in [0.25, 0.3) is 0 Å². The van der Waals surface area contributed by atoms with Crippen LogP contribution in [0.1, 0.15) is 61.7 Å². The van der Waals surface area contributed by atoms with Gasteiger partial charge in [-0.2, -0.15) is 0 Å². The Labute approximate surface area is 167 Å². The minimum atomic E-state index is -0.452. The first-order valence-corrected chi connectivity index (χ1v) is 10.4. The highest BCUT2D eigenvalue weighted by molar-refractivity contribution is 6.00. The predicted molar refractivity (Wildman–Crippen MR) is 111 cm³/mol. The van der Waals surface area contributed by atoms with E-state index in [9.17, 15) is 14.9 Å². The van der Waals surface area contributed by atoms with Crippen LogP contribution in [-0.2, 0) is 0 Å². The minimum absolute atomic E-state index is 0.0350. The lowest BCUT2D eigenvalue weighted by Crippen LogP contribution is -2.58. The normalized spacial score (nSPS) is 19.8. The molecule has 154 valence electrons. The van der Waals surface area contributed by atoms with Crippen molar-refractivity contribution in [2.45, 2.75) is 56.9 Å². The molecule has 0 atom stereocenters. The average molecular weight is 389 g/mol. The highest BCUT2D eigenvalue weighted by atomic mass is 16.6. The van der Waals surface area contributed by atoms with Crippen LogP contribution < -0.4 is 10.2 Å². The molecule has 2 aliphatic rings. The summed E-state index contributed by atoms with van der Waals surface area (Å²) in [6.07, 6.45) is 9.64. The number of carbonyl (C=O) groups excluding carboxylic acids is 1. The Kier molecular flexibility index (Phi) is 6.54. The highest BCUT2D eigenvalue weighted by Gasteiger charge is 2.38. The summed E-state index contributed by atoms with van der Waals surface area (Å²) in [4.78, 5) is 28.2. The van der Waals surface area contributed by atoms with Crippen molar-refractivity contribution in [3.8, 4) is 0 Å². The van der Waals surface area contributed by atoms with Gasteiger partial charge in [-0.25, -0.2) is 0 Å². The topological polar surface area (TPSA) is 78.7 Å². The van der Waals surface area contributed by atoms with E-state index in [1.54, 1.807) is 6.07 Å². The minimum Gasteiger partial charge on any atom is -0.377 e. The summed E-state index contributed by atoms with van der Waals surface area (Å²) in [5.74, 6) is -0.227. The van der Waals surface area contributed by atoms with Crippen molar-refractivity contribution in [3.05, 3.63) is 33.9 Å². The Morgan fingerprint density at radius 1 is 1.14 bits per heavy atom. The first kappa shape index (κ1) is 20.6. The van der Waals surface area contributed by atoms with E-state index in [-0.39, 0.29) is 17.1 Å². The van der Waals surface area contributed by atoms with Gasteiger partial charge in [0.25, 0.3) is 11.6 Å². The van der Waals surface area contributed by atoms with Crippen molar-refractivity contribution in [1.82, 2.24) is 10.2 Å². The van der Waals surface area contributed by atoms with Gasteiger partial charge in [0.2, 0.25) is 0 Å². The number of nitrogens with zero attached hydrogens (tertiary/aromatic N) is 3. The zero-order valence-corrected chi connectivity index (χ0v) is 17.1. The van der Waals surface area contributed by atoms with Crippen molar-refractivity contribution >= 4 is 17.3 Å². The summed E-state index contributed by atoms with van der Waals surface area (Å²) < 4.78 is 0. The van der Waals surface area contributed by atoms with Crippen molar-refractivity contribution in [2.75, 3.05) is 38.6 Å². The number of nitrogens with one attached hydrogen (secondary N) is 1. The van der Waals surface area contributed by atoms with E-state index in [4.69, 9.17) is 0 Å². The molecule has 1 N–H and O–H groups in total. The molecule has 0 unspecified atom stereocenters. The van der Waals surface area contributed by atoms with Crippen LogP contribution >= 0.6 is 0 Å². The Balaban J connectivity index is 1.79. The number of hydrogen-bond donors (Lipinski definition) is 1.